The lowest BCUT2D eigenvalue weighted by molar-refractivity contribution is 0.318. The molecule has 1 N–H and O–H groups in total. The number of benzene rings is 1. The molecule has 0 saturated heterocycles. The number of methoxy groups -OCH3 is 1. The van der Waals surface area contributed by atoms with E-state index in [2.05, 4.69) is 5.16 Å². The summed E-state index contributed by atoms with van der Waals surface area (Å²) in [4.78, 5) is 1.16. The van der Waals surface area contributed by atoms with Gasteiger partial charge in [-0.15, -0.1) is 11.8 Å². The van der Waals surface area contributed by atoms with Crippen LogP contribution in [0.1, 0.15) is 12.0 Å². The van der Waals surface area contributed by atoms with Crippen LogP contribution in [0.25, 0.3) is 0 Å². The molecule has 1 aliphatic rings. The van der Waals surface area contributed by atoms with Gasteiger partial charge in [0.2, 0.25) is 0 Å². The predicted molar refractivity (Wildman–Crippen MR) is 56.7 cm³/mol. The number of nitrogens with zero attached hydrogens (tertiary/aromatic N) is 1. The zero-order chi connectivity index (χ0) is 9.97. The first-order valence-electron chi connectivity index (χ1n) is 4.37. The molecule has 0 aromatic heterocycles. The number of fused-ring (bicyclic) bond motifs is 1. The molecule has 2 rings (SSSR count). The Morgan fingerprint density at radius 3 is 3.07 bits per heavy atom. The molecule has 0 aliphatic carbocycles. The summed E-state index contributed by atoms with van der Waals surface area (Å²) in [6.07, 6.45) is 0.807. The lowest BCUT2D eigenvalue weighted by Gasteiger charge is -2.16. The zero-order valence-corrected chi connectivity index (χ0v) is 8.67. The Morgan fingerprint density at radius 2 is 2.36 bits per heavy atom. The molecule has 14 heavy (non-hydrogen) atoms. The Bertz CT molecular complexity index is 376. The van der Waals surface area contributed by atoms with Crippen molar-refractivity contribution in [1.29, 1.82) is 0 Å². The van der Waals surface area contributed by atoms with Gasteiger partial charge in [0.1, 0.15) is 5.75 Å². The fraction of sp³-hybridized carbons (Fsp3) is 0.300. The lowest BCUT2D eigenvalue weighted by Crippen LogP contribution is -2.09. The first-order chi connectivity index (χ1) is 6.85. The standard InChI is InChI=1S/C10H11NO2S/c1-13-7-2-3-10-8(6-7)9(11-12)4-5-14-10/h2-3,6,12H,4-5H2,1H3/b11-9+. The summed E-state index contributed by atoms with van der Waals surface area (Å²) >= 11 is 1.78. The van der Waals surface area contributed by atoms with Crippen molar-refractivity contribution >= 4 is 17.5 Å². The van der Waals surface area contributed by atoms with Gasteiger partial charge in [0.15, 0.2) is 0 Å². The van der Waals surface area contributed by atoms with Crippen LogP contribution >= 0.6 is 11.8 Å². The first-order valence-corrected chi connectivity index (χ1v) is 5.36. The number of rotatable bonds is 1. The van der Waals surface area contributed by atoms with Crippen LogP contribution < -0.4 is 4.74 Å². The molecular weight excluding hydrogens is 198 g/mol. The maximum absolute atomic E-state index is 8.84. The minimum absolute atomic E-state index is 0.748. The van der Waals surface area contributed by atoms with Crippen molar-refractivity contribution in [1.82, 2.24) is 0 Å². The summed E-state index contributed by atoms with van der Waals surface area (Å²) in [6, 6.07) is 5.84. The van der Waals surface area contributed by atoms with Crippen LogP contribution in [0.5, 0.6) is 5.75 Å². The molecule has 1 aromatic rings. The van der Waals surface area contributed by atoms with Crippen molar-refractivity contribution in [2.24, 2.45) is 5.16 Å². The second-order valence-electron chi connectivity index (χ2n) is 3.01. The normalized spacial score (nSPS) is 17.9. The van der Waals surface area contributed by atoms with Crippen molar-refractivity contribution in [2.45, 2.75) is 11.3 Å². The molecule has 1 aromatic carbocycles. The number of oxime groups is 1. The van der Waals surface area contributed by atoms with Gasteiger partial charge in [-0.05, 0) is 18.2 Å². The van der Waals surface area contributed by atoms with E-state index in [0.29, 0.717) is 0 Å². The van der Waals surface area contributed by atoms with Gasteiger partial charge in [0, 0.05) is 22.6 Å². The quantitative estimate of drug-likeness (QED) is 0.570. The van der Waals surface area contributed by atoms with Crippen LogP contribution in [0, 0.1) is 0 Å². The third-order valence-corrected chi connectivity index (χ3v) is 3.29. The molecule has 1 heterocycles. The number of thioether (sulfide) groups is 1. The van der Waals surface area contributed by atoms with E-state index >= 15 is 0 Å². The van der Waals surface area contributed by atoms with Gasteiger partial charge in [-0.25, -0.2) is 0 Å². The van der Waals surface area contributed by atoms with Gasteiger partial charge in [-0.1, -0.05) is 5.16 Å². The van der Waals surface area contributed by atoms with Crippen molar-refractivity contribution in [3.05, 3.63) is 23.8 Å². The van der Waals surface area contributed by atoms with Gasteiger partial charge in [-0.3, -0.25) is 0 Å². The predicted octanol–water partition coefficient (Wildman–Crippen LogP) is 2.37. The molecule has 0 spiro atoms. The SMILES string of the molecule is COc1ccc2c(c1)/C(=N/O)CCS2. The van der Waals surface area contributed by atoms with Crippen molar-refractivity contribution < 1.29 is 9.94 Å². The Balaban J connectivity index is 2.49. The summed E-state index contributed by atoms with van der Waals surface area (Å²) in [5.41, 5.74) is 1.74. The van der Waals surface area contributed by atoms with E-state index in [0.717, 1.165) is 34.1 Å². The summed E-state index contributed by atoms with van der Waals surface area (Å²) in [5, 5.41) is 12.2. The monoisotopic (exact) mass is 209 g/mol. The van der Waals surface area contributed by atoms with E-state index in [1.165, 1.54) is 0 Å². The summed E-state index contributed by atoms with van der Waals surface area (Å²) < 4.78 is 5.13. The number of hydrogen-bond donors (Lipinski definition) is 1. The van der Waals surface area contributed by atoms with Gasteiger partial charge >= 0.3 is 0 Å². The van der Waals surface area contributed by atoms with E-state index < -0.39 is 0 Å². The molecule has 0 bridgehead atoms. The fourth-order valence-electron chi connectivity index (χ4n) is 1.48. The fourth-order valence-corrected chi connectivity index (χ4v) is 2.50. The Morgan fingerprint density at radius 1 is 1.50 bits per heavy atom. The van der Waals surface area contributed by atoms with Crippen LogP contribution in [0.15, 0.2) is 28.3 Å². The second kappa shape index (κ2) is 3.92. The Hall–Kier alpha value is -1.16. The third-order valence-electron chi connectivity index (χ3n) is 2.21. The first kappa shape index (κ1) is 9.40. The highest BCUT2D eigenvalue weighted by atomic mass is 32.2. The maximum atomic E-state index is 8.84. The lowest BCUT2D eigenvalue weighted by atomic mass is 10.1. The van der Waals surface area contributed by atoms with Crippen molar-refractivity contribution in [3.63, 3.8) is 0 Å². The van der Waals surface area contributed by atoms with E-state index in [1.807, 2.05) is 18.2 Å². The molecule has 0 amide bonds. The molecule has 0 fully saturated rings. The maximum Gasteiger partial charge on any atom is 0.119 e. The molecule has 74 valence electrons. The highest BCUT2D eigenvalue weighted by Gasteiger charge is 2.16. The van der Waals surface area contributed by atoms with Gasteiger partial charge in [-0.2, -0.15) is 0 Å². The zero-order valence-electron chi connectivity index (χ0n) is 7.86. The third kappa shape index (κ3) is 1.57. The highest BCUT2D eigenvalue weighted by molar-refractivity contribution is 7.99. The van der Waals surface area contributed by atoms with Crippen LogP contribution in [-0.2, 0) is 0 Å². The van der Waals surface area contributed by atoms with Crippen LogP contribution in [0.2, 0.25) is 0 Å². The summed E-state index contributed by atoms with van der Waals surface area (Å²) in [6.45, 7) is 0. The molecule has 3 nitrogen and oxygen atoms in total. The molecular formula is C10H11NO2S. The van der Waals surface area contributed by atoms with Gasteiger partial charge in [0.25, 0.3) is 0 Å². The topological polar surface area (TPSA) is 41.8 Å². The van der Waals surface area contributed by atoms with Crippen molar-refractivity contribution in [2.75, 3.05) is 12.9 Å². The van der Waals surface area contributed by atoms with E-state index in [9.17, 15) is 0 Å². The molecule has 0 saturated carbocycles. The molecule has 0 unspecified atom stereocenters. The number of ether oxygens (including phenoxy) is 1. The van der Waals surface area contributed by atoms with Crippen LogP contribution in [0.4, 0.5) is 0 Å². The Kier molecular flexibility index (Phi) is 2.63. The minimum Gasteiger partial charge on any atom is -0.497 e. The Labute approximate surface area is 86.8 Å². The van der Waals surface area contributed by atoms with Crippen molar-refractivity contribution in [3.8, 4) is 5.75 Å². The van der Waals surface area contributed by atoms with Gasteiger partial charge in [0.05, 0.1) is 12.8 Å². The highest BCUT2D eigenvalue weighted by Crippen LogP contribution is 2.32. The van der Waals surface area contributed by atoms with E-state index in [-0.39, 0.29) is 0 Å². The largest absolute Gasteiger partial charge is 0.497 e. The summed E-state index contributed by atoms with van der Waals surface area (Å²) in [7, 11) is 1.63. The van der Waals surface area contributed by atoms with E-state index in [1.54, 1.807) is 18.9 Å². The second-order valence-corrected chi connectivity index (χ2v) is 4.14. The number of hydrogen-bond acceptors (Lipinski definition) is 4. The summed E-state index contributed by atoms with van der Waals surface area (Å²) in [5.74, 6) is 1.77. The smallest absolute Gasteiger partial charge is 0.119 e. The molecule has 1 aliphatic heterocycles. The van der Waals surface area contributed by atoms with Gasteiger partial charge < -0.3 is 9.94 Å². The van der Waals surface area contributed by atoms with E-state index in [4.69, 9.17) is 9.94 Å². The van der Waals surface area contributed by atoms with Crippen LogP contribution in [-0.4, -0.2) is 23.8 Å². The molecule has 4 heteroatoms. The minimum atomic E-state index is 0.748. The van der Waals surface area contributed by atoms with Crippen LogP contribution in [0.3, 0.4) is 0 Å². The molecule has 0 radical (unpaired) electrons. The average Bonchev–Trinajstić information content (AvgIpc) is 2.27. The average molecular weight is 209 g/mol. The molecule has 0 atom stereocenters.